The Labute approximate surface area is 137 Å². The standard InChI is InChI=1S/C17H14FNO5/c1-10(20)23-15-7-14(8-16(9-15)24-11(2)21)19-17(22)12-3-5-13(18)6-4-12/h3-9H,1-2H3,(H,19,22). The summed E-state index contributed by atoms with van der Waals surface area (Å²) in [6.45, 7) is 2.44. The molecule has 124 valence electrons. The van der Waals surface area contributed by atoms with E-state index in [4.69, 9.17) is 9.47 Å². The van der Waals surface area contributed by atoms with Gasteiger partial charge in [0.05, 0.1) is 0 Å². The molecule has 0 heterocycles. The second kappa shape index (κ2) is 7.36. The Hall–Kier alpha value is -3.22. The summed E-state index contributed by atoms with van der Waals surface area (Å²) in [5, 5.41) is 2.56. The minimum atomic E-state index is -0.564. The summed E-state index contributed by atoms with van der Waals surface area (Å²) in [6.07, 6.45) is 0. The SMILES string of the molecule is CC(=O)Oc1cc(NC(=O)c2ccc(F)cc2)cc(OC(C)=O)c1. The van der Waals surface area contributed by atoms with Gasteiger partial charge in [-0.3, -0.25) is 14.4 Å². The van der Waals surface area contributed by atoms with Crippen LogP contribution in [-0.4, -0.2) is 17.8 Å². The van der Waals surface area contributed by atoms with Crippen LogP contribution in [0.3, 0.4) is 0 Å². The van der Waals surface area contributed by atoms with Crippen LogP contribution in [-0.2, 0) is 9.59 Å². The fourth-order valence-electron chi connectivity index (χ4n) is 1.90. The molecule has 0 aromatic heterocycles. The third kappa shape index (κ3) is 4.91. The molecule has 0 radical (unpaired) electrons. The number of anilines is 1. The first-order chi connectivity index (χ1) is 11.3. The molecule has 0 bridgehead atoms. The Morgan fingerprint density at radius 1 is 0.875 bits per heavy atom. The van der Waals surface area contributed by atoms with E-state index in [9.17, 15) is 18.8 Å². The zero-order valence-electron chi connectivity index (χ0n) is 13.0. The molecular weight excluding hydrogens is 317 g/mol. The Kier molecular flexibility index (Phi) is 5.26. The predicted octanol–water partition coefficient (Wildman–Crippen LogP) is 2.93. The molecule has 1 amide bonds. The molecule has 0 spiro atoms. The number of amides is 1. The first kappa shape index (κ1) is 17.1. The predicted molar refractivity (Wildman–Crippen MR) is 83.4 cm³/mol. The lowest BCUT2D eigenvalue weighted by atomic mass is 10.2. The topological polar surface area (TPSA) is 81.7 Å². The highest BCUT2D eigenvalue weighted by Crippen LogP contribution is 2.27. The fraction of sp³-hybridized carbons (Fsp3) is 0.118. The van der Waals surface area contributed by atoms with Crippen LogP contribution in [0.2, 0.25) is 0 Å². The van der Waals surface area contributed by atoms with Gasteiger partial charge in [0, 0.05) is 43.3 Å². The maximum Gasteiger partial charge on any atom is 0.308 e. The number of carbonyl (C=O) groups excluding carboxylic acids is 3. The maximum atomic E-state index is 12.9. The molecule has 0 aliphatic heterocycles. The van der Waals surface area contributed by atoms with Gasteiger partial charge in [-0.2, -0.15) is 0 Å². The molecule has 0 saturated carbocycles. The van der Waals surface area contributed by atoms with Crippen LogP contribution in [0.1, 0.15) is 24.2 Å². The number of nitrogens with one attached hydrogen (secondary N) is 1. The van der Waals surface area contributed by atoms with Crippen LogP contribution >= 0.6 is 0 Å². The van der Waals surface area contributed by atoms with Gasteiger partial charge in [-0.05, 0) is 24.3 Å². The van der Waals surface area contributed by atoms with E-state index in [1.54, 1.807) is 0 Å². The number of esters is 2. The first-order valence-electron chi connectivity index (χ1n) is 6.92. The molecule has 0 fully saturated rings. The average molecular weight is 331 g/mol. The van der Waals surface area contributed by atoms with Gasteiger partial charge in [0.15, 0.2) is 0 Å². The molecule has 7 heteroatoms. The van der Waals surface area contributed by atoms with Crippen LogP contribution in [0.25, 0.3) is 0 Å². The minimum absolute atomic E-state index is 0.107. The Balaban J connectivity index is 2.26. The summed E-state index contributed by atoms with van der Waals surface area (Å²) >= 11 is 0. The molecule has 2 aromatic carbocycles. The monoisotopic (exact) mass is 331 g/mol. The van der Waals surface area contributed by atoms with Crippen molar-refractivity contribution >= 4 is 23.5 Å². The second-order valence-electron chi connectivity index (χ2n) is 4.84. The Morgan fingerprint density at radius 2 is 1.38 bits per heavy atom. The van der Waals surface area contributed by atoms with Crippen molar-refractivity contribution in [2.45, 2.75) is 13.8 Å². The van der Waals surface area contributed by atoms with Crippen LogP contribution in [0.15, 0.2) is 42.5 Å². The number of benzene rings is 2. The number of ether oxygens (including phenoxy) is 2. The van der Waals surface area contributed by atoms with E-state index in [1.807, 2.05) is 0 Å². The van der Waals surface area contributed by atoms with Gasteiger partial charge in [0.2, 0.25) is 0 Å². The molecule has 0 saturated heterocycles. The van der Waals surface area contributed by atoms with Gasteiger partial charge in [0.25, 0.3) is 5.91 Å². The van der Waals surface area contributed by atoms with E-state index < -0.39 is 23.7 Å². The first-order valence-corrected chi connectivity index (χ1v) is 6.92. The molecule has 24 heavy (non-hydrogen) atoms. The fourth-order valence-corrected chi connectivity index (χ4v) is 1.90. The van der Waals surface area contributed by atoms with E-state index in [2.05, 4.69) is 5.32 Å². The normalized spacial score (nSPS) is 9.96. The van der Waals surface area contributed by atoms with Crippen molar-refractivity contribution in [3.63, 3.8) is 0 Å². The second-order valence-corrected chi connectivity index (χ2v) is 4.84. The van der Waals surface area contributed by atoms with Crippen LogP contribution < -0.4 is 14.8 Å². The van der Waals surface area contributed by atoms with Crippen molar-refractivity contribution in [2.24, 2.45) is 0 Å². The van der Waals surface area contributed by atoms with Crippen LogP contribution in [0.5, 0.6) is 11.5 Å². The van der Waals surface area contributed by atoms with Gasteiger partial charge in [-0.1, -0.05) is 0 Å². The third-order valence-corrected chi connectivity index (χ3v) is 2.77. The zero-order chi connectivity index (χ0) is 17.7. The molecule has 0 atom stereocenters. The molecule has 0 aliphatic carbocycles. The van der Waals surface area contributed by atoms with E-state index in [1.165, 1.54) is 44.2 Å². The minimum Gasteiger partial charge on any atom is -0.427 e. The van der Waals surface area contributed by atoms with Gasteiger partial charge >= 0.3 is 11.9 Å². The highest BCUT2D eigenvalue weighted by molar-refractivity contribution is 6.04. The van der Waals surface area contributed by atoms with Gasteiger partial charge in [-0.15, -0.1) is 0 Å². The van der Waals surface area contributed by atoms with Crippen molar-refractivity contribution in [1.82, 2.24) is 0 Å². The molecule has 0 aliphatic rings. The molecular formula is C17H14FNO5. The summed E-state index contributed by atoms with van der Waals surface area (Å²) in [5.74, 6) is -1.87. The number of hydrogen-bond acceptors (Lipinski definition) is 5. The lowest BCUT2D eigenvalue weighted by Gasteiger charge is -2.10. The molecule has 2 aromatic rings. The smallest absolute Gasteiger partial charge is 0.308 e. The lowest BCUT2D eigenvalue weighted by molar-refractivity contribution is -0.132. The summed E-state index contributed by atoms with van der Waals surface area (Å²) in [4.78, 5) is 34.3. The highest BCUT2D eigenvalue weighted by Gasteiger charge is 2.11. The number of halogens is 1. The summed E-state index contributed by atoms with van der Waals surface area (Å²) in [6, 6.07) is 9.12. The van der Waals surface area contributed by atoms with Gasteiger partial charge in [0.1, 0.15) is 17.3 Å². The maximum absolute atomic E-state index is 12.9. The van der Waals surface area contributed by atoms with Gasteiger partial charge in [-0.25, -0.2) is 4.39 Å². The Morgan fingerprint density at radius 3 is 1.83 bits per heavy atom. The Bertz CT molecular complexity index is 752. The van der Waals surface area contributed by atoms with Crippen molar-refractivity contribution in [2.75, 3.05) is 5.32 Å². The van der Waals surface area contributed by atoms with Crippen molar-refractivity contribution in [1.29, 1.82) is 0 Å². The zero-order valence-corrected chi connectivity index (χ0v) is 13.0. The van der Waals surface area contributed by atoms with Gasteiger partial charge < -0.3 is 14.8 Å². The van der Waals surface area contributed by atoms with E-state index in [0.717, 1.165) is 12.1 Å². The summed E-state index contributed by atoms with van der Waals surface area (Å²) in [5.41, 5.74) is 0.489. The van der Waals surface area contributed by atoms with E-state index in [-0.39, 0.29) is 22.7 Å². The van der Waals surface area contributed by atoms with E-state index >= 15 is 0 Å². The number of carbonyl (C=O) groups is 3. The van der Waals surface area contributed by atoms with Crippen molar-refractivity contribution < 1.29 is 28.2 Å². The summed E-state index contributed by atoms with van der Waals surface area (Å²) in [7, 11) is 0. The lowest BCUT2D eigenvalue weighted by Crippen LogP contribution is -2.12. The molecule has 2 rings (SSSR count). The average Bonchev–Trinajstić information content (AvgIpc) is 2.46. The van der Waals surface area contributed by atoms with Crippen LogP contribution in [0.4, 0.5) is 10.1 Å². The quantitative estimate of drug-likeness (QED) is 0.688. The van der Waals surface area contributed by atoms with Crippen molar-refractivity contribution in [3.8, 4) is 11.5 Å². The van der Waals surface area contributed by atoms with E-state index in [0.29, 0.717) is 0 Å². The highest BCUT2D eigenvalue weighted by atomic mass is 19.1. The number of hydrogen-bond donors (Lipinski definition) is 1. The van der Waals surface area contributed by atoms with Crippen molar-refractivity contribution in [3.05, 3.63) is 53.8 Å². The molecule has 1 N–H and O–H groups in total. The molecule has 6 nitrogen and oxygen atoms in total. The summed E-state index contributed by atoms with van der Waals surface area (Å²) < 4.78 is 22.8. The van der Waals surface area contributed by atoms with Crippen LogP contribution in [0, 0.1) is 5.82 Å². The molecule has 0 unspecified atom stereocenters. The number of rotatable bonds is 4. The third-order valence-electron chi connectivity index (χ3n) is 2.77. The largest absolute Gasteiger partial charge is 0.427 e.